The van der Waals surface area contributed by atoms with Gasteiger partial charge < -0.3 is 4.90 Å². The molecule has 0 fully saturated rings. The summed E-state index contributed by atoms with van der Waals surface area (Å²) in [5.41, 5.74) is 1.18. The lowest BCUT2D eigenvalue weighted by molar-refractivity contribution is -0.129. The van der Waals surface area contributed by atoms with E-state index in [9.17, 15) is 4.79 Å². The summed E-state index contributed by atoms with van der Waals surface area (Å²) in [6.45, 7) is 3.02. The van der Waals surface area contributed by atoms with Crippen molar-refractivity contribution < 1.29 is 4.79 Å². The molecule has 0 aromatic heterocycles. The van der Waals surface area contributed by atoms with Crippen LogP contribution in [0.3, 0.4) is 0 Å². The summed E-state index contributed by atoms with van der Waals surface area (Å²) < 4.78 is 0. The fourth-order valence-corrected chi connectivity index (χ4v) is 1.63. The van der Waals surface area contributed by atoms with Crippen molar-refractivity contribution in [2.75, 3.05) is 13.6 Å². The summed E-state index contributed by atoms with van der Waals surface area (Å²) in [7, 11) is 1.89. The summed E-state index contributed by atoms with van der Waals surface area (Å²) in [6.07, 6.45) is 11.4. The van der Waals surface area contributed by atoms with Gasteiger partial charge in [0.25, 0.3) is 0 Å². The Morgan fingerprint density at radius 2 is 2.27 bits per heavy atom. The maximum Gasteiger partial charge on any atom is 0.226 e. The van der Waals surface area contributed by atoms with Gasteiger partial charge in [0.05, 0.1) is 6.42 Å². The van der Waals surface area contributed by atoms with Crippen LogP contribution < -0.4 is 0 Å². The zero-order chi connectivity index (χ0) is 11.1. The minimum atomic E-state index is 0.237. The molecule has 0 aliphatic heterocycles. The predicted octanol–water partition coefficient (Wildman–Crippen LogP) is 2.91. The molecule has 1 aliphatic rings. The second-order valence-electron chi connectivity index (χ2n) is 4.10. The van der Waals surface area contributed by atoms with Crippen molar-refractivity contribution in [1.82, 2.24) is 4.90 Å². The Kier molecular flexibility index (Phi) is 5.16. The molecule has 84 valence electrons. The molecule has 0 heterocycles. The normalized spacial score (nSPS) is 14.9. The van der Waals surface area contributed by atoms with Crippen molar-refractivity contribution in [3.8, 4) is 0 Å². The molecule has 0 unspecified atom stereocenters. The molecule has 0 spiro atoms. The van der Waals surface area contributed by atoms with Gasteiger partial charge in [-0.3, -0.25) is 4.79 Å². The second kappa shape index (κ2) is 6.44. The molecule has 0 bridgehead atoms. The molecule has 2 nitrogen and oxygen atoms in total. The van der Waals surface area contributed by atoms with Crippen molar-refractivity contribution in [1.29, 1.82) is 0 Å². The fourth-order valence-electron chi connectivity index (χ4n) is 1.63. The number of unbranched alkanes of at least 4 members (excludes halogenated alkanes) is 1. The monoisotopic (exact) mass is 207 g/mol. The number of amides is 1. The highest BCUT2D eigenvalue weighted by molar-refractivity contribution is 5.79. The molecule has 0 aromatic rings. The smallest absolute Gasteiger partial charge is 0.226 e. The van der Waals surface area contributed by atoms with Crippen LogP contribution in [0.15, 0.2) is 23.8 Å². The van der Waals surface area contributed by atoms with Crippen LogP contribution in [0.4, 0.5) is 0 Å². The maximum absolute atomic E-state index is 11.8. The minimum absolute atomic E-state index is 0.237. The van der Waals surface area contributed by atoms with Crippen LogP contribution in [0.2, 0.25) is 0 Å². The van der Waals surface area contributed by atoms with Gasteiger partial charge in [0.1, 0.15) is 0 Å². The van der Waals surface area contributed by atoms with Crippen LogP contribution in [0.1, 0.15) is 39.0 Å². The van der Waals surface area contributed by atoms with E-state index in [1.165, 1.54) is 5.57 Å². The molecule has 0 atom stereocenters. The Bertz CT molecular complexity index is 266. The molecule has 15 heavy (non-hydrogen) atoms. The maximum atomic E-state index is 11.8. The van der Waals surface area contributed by atoms with Crippen LogP contribution in [0, 0.1) is 0 Å². The van der Waals surface area contributed by atoms with E-state index in [1.807, 2.05) is 11.9 Å². The van der Waals surface area contributed by atoms with Gasteiger partial charge >= 0.3 is 0 Å². The molecule has 1 aliphatic carbocycles. The predicted molar refractivity (Wildman–Crippen MR) is 63.6 cm³/mol. The highest BCUT2D eigenvalue weighted by Gasteiger charge is 2.09. The molecular weight excluding hydrogens is 186 g/mol. The van der Waals surface area contributed by atoms with E-state index in [4.69, 9.17) is 0 Å². The molecule has 0 saturated heterocycles. The molecule has 1 rings (SSSR count). The lowest BCUT2D eigenvalue weighted by Crippen LogP contribution is -2.27. The molecule has 1 amide bonds. The van der Waals surface area contributed by atoms with E-state index >= 15 is 0 Å². The van der Waals surface area contributed by atoms with Crippen LogP contribution in [-0.2, 0) is 4.79 Å². The van der Waals surface area contributed by atoms with Crippen molar-refractivity contribution >= 4 is 5.91 Å². The third-order valence-electron chi connectivity index (χ3n) is 2.70. The van der Waals surface area contributed by atoms with Gasteiger partial charge in [0.2, 0.25) is 5.91 Å². The van der Waals surface area contributed by atoms with Gasteiger partial charge in [-0.05, 0) is 24.8 Å². The van der Waals surface area contributed by atoms with E-state index in [1.54, 1.807) is 0 Å². The average Bonchev–Trinajstić information content (AvgIpc) is 2.27. The average molecular weight is 207 g/mol. The Labute approximate surface area is 92.7 Å². The Morgan fingerprint density at radius 3 is 2.87 bits per heavy atom. The van der Waals surface area contributed by atoms with Crippen molar-refractivity contribution in [3.63, 3.8) is 0 Å². The molecule has 0 aromatic carbocycles. The molecular formula is C13H21NO. The molecule has 0 N–H and O–H groups in total. The van der Waals surface area contributed by atoms with Gasteiger partial charge in [-0.25, -0.2) is 0 Å². The zero-order valence-corrected chi connectivity index (χ0v) is 9.83. The van der Waals surface area contributed by atoms with E-state index in [0.717, 1.165) is 32.2 Å². The lowest BCUT2D eigenvalue weighted by Gasteiger charge is -2.17. The van der Waals surface area contributed by atoms with E-state index in [0.29, 0.717) is 6.42 Å². The highest BCUT2D eigenvalue weighted by Crippen LogP contribution is 2.14. The summed E-state index contributed by atoms with van der Waals surface area (Å²) in [6, 6.07) is 0. The largest absolute Gasteiger partial charge is 0.345 e. The number of allylic oxidation sites excluding steroid dienone is 3. The van der Waals surface area contributed by atoms with Crippen molar-refractivity contribution in [2.45, 2.75) is 39.0 Å². The Balaban J connectivity index is 2.34. The third kappa shape index (κ3) is 4.32. The van der Waals surface area contributed by atoms with Crippen LogP contribution >= 0.6 is 0 Å². The van der Waals surface area contributed by atoms with Gasteiger partial charge in [0, 0.05) is 13.6 Å². The number of carbonyl (C=O) groups excluding carboxylic acids is 1. The summed E-state index contributed by atoms with van der Waals surface area (Å²) in [4.78, 5) is 13.6. The van der Waals surface area contributed by atoms with Gasteiger partial charge in [-0.15, -0.1) is 0 Å². The summed E-state index contributed by atoms with van der Waals surface area (Å²) in [5, 5.41) is 0. The number of hydrogen-bond acceptors (Lipinski definition) is 1. The van der Waals surface area contributed by atoms with Crippen LogP contribution in [0.25, 0.3) is 0 Å². The third-order valence-corrected chi connectivity index (χ3v) is 2.70. The Hall–Kier alpha value is -1.05. The van der Waals surface area contributed by atoms with Crippen molar-refractivity contribution in [2.24, 2.45) is 0 Å². The van der Waals surface area contributed by atoms with Crippen LogP contribution in [-0.4, -0.2) is 24.4 Å². The number of rotatable bonds is 5. The van der Waals surface area contributed by atoms with Gasteiger partial charge in [-0.2, -0.15) is 0 Å². The number of hydrogen-bond donors (Lipinski definition) is 0. The van der Waals surface area contributed by atoms with Gasteiger partial charge in [0.15, 0.2) is 0 Å². The summed E-state index contributed by atoms with van der Waals surface area (Å²) >= 11 is 0. The van der Waals surface area contributed by atoms with E-state index < -0.39 is 0 Å². The number of nitrogens with zero attached hydrogens (tertiary/aromatic N) is 1. The Morgan fingerprint density at radius 1 is 1.47 bits per heavy atom. The quantitative estimate of drug-likeness (QED) is 0.678. The van der Waals surface area contributed by atoms with E-state index in [2.05, 4.69) is 25.2 Å². The summed E-state index contributed by atoms with van der Waals surface area (Å²) in [5.74, 6) is 0.237. The highest BCUT2D eigenvalue weighted by atomic mass is 16.2. The first-order valence-corrected chi connectivity index (χ1v) is 5.83. The first-order chi connectivity index (χ1) is 7.24. The van der Waals surface area contributed by atoms with Crippen molar-refractivity contribution in [3.05, 3.63) is 23.8 Å². The van der Waals surface area contributed by atoms with Crippen LogP contribution in [0.5, 0.6) is 0 Å². The van der Waals surface area contributed by atoms with Gasteiger partial charge in [-0.1, -0.05) is 31.6 Å². The molecule has 0 saturated carbocycles. The standard InChI is InChI=1S/C13H21NO/c1-3-4-10-14(2)13(15)11-12-8-6-5-7-9-12/h6,8-9H,3-5,7,10-11H2,1-2H3. The first kappa shape index (κ1) is 12.0. The second-order valence-corrected chi connectivity index (χ2v) is 4.10. The molecule has 2 heteroatoms. The number of carbonyl (C=O) groups is 1. The minimum Gasteiger partial charge on any atom is -0.345 e. The molecule has 0 radical (unpaired) electrons. The lowest BCUT2D eigenvalue weighted by atomic mass is 10.0. The van der Waals surface area contributed by atoms with E-state index in [-0.39, 0.29) is 5.91 Å². The zero-order valence-electron chi connectivity index (χ0n) is 9.83. The topological polar surface area (TPSA) is 20.3 Å². The first-order valence-electron chi connectivity index (χ1n) is 5.83. The SMILES string of the molecule is CCCCN(C)C(=O)CC1=CCCC=C1. The fraction of sp³-hybridized carbons (Fsp3) is 0.615.